The number of anilines is 2. The number of rotatable bonds is 6. The van der Waals surface area contributed by atoms with Crippen molar-refractivity contribution in [2.75, 3.05) is 12.4 Å². The molecule has 0 radical (unpaired) electrons. The Labute approximate surface area is 160 Å². The van der Waals surface area contributed by atoms with Crippen LogP contribution in [0.1, 0.15) is 11.3 Å². The molecule has 0 bridgehead atoms. The highest BCUT2D eigenvalue weighted by molar-refractivity contribution is 9.10. The van der Waals surface area contributed by atoms with Crippen LogP contribution in [0.15, 0.2) is 65.3 Å². The predicted molar refractivity (Wildman–Crippen MR) is 104 cm³/mol. The summed E-state index contributed by atoms with van der Waals surface area (Å²) in [6, 6.07) is 19.0. The Balaban J connectivity index is 1.69. The zero-order valence-corrected chi connectivity index (χ0v) is 15.7. The minimum atomic E-state index is 0.383. The van der Waals surface area contributed by atoms with Gasteiger partial charge in [-0.15, -0.1) is 0 Å². The van der Waals surface area contributed by atoms with E-state index in [-0.39, 0.29) is 0 Å². The van der Waals surface area contributed by atoms with Crippen LogP contribution in [0.2, 0.25) is 0 Å². The summed E-state index contributed by atoms with van der Waals surface area (Å²) in [6.07, 6.45) is 1.62. The van der Waals surface area contributed by atoms with E-state index in [1.54, 1.807) is 19.4 Å². The first-order chi connectivity index (χ1) is 12.7. The smallest absolute Gasteiger partial charge is 0.140 e. The van der Waals surface area contributed by atoms with Crippen LogP contribution in [0.5, 0.6) is 11.5 Å². The quantitative estimate of drug-likeness (QED) is 0.616. The third-order valence-electron chi connectivity index (χ3n) is 3.60. The summed E-state index contributed by atoms with van der Waals surface area (Å²) in [4.78, 5) is 4.05. The number of halogens is 1. The molecule has 1 aromatic heterocycles. The lowest BCUT2D eigenvalue weighted by Gasteiger charge is -2.11. The second-order valence-corrected chi connectivity index (χ2v) is 6.40. The molecule has 3 rings (SSSR count). The van der Waals surface area contributed by atoms with Gasteiger partial charge in [-0.2, -0.15) is 5.26 Å². The van der Waals surface area contributed by atoms with E-state index < -0.39 is 0 Å². The molecule has 0 aliphatic rings. The summed E-state index contributed by atoms with van der Waals surface area (Å²) >= 11 is 3.50. The van der Waals surface area contributed by atoms with Crippen molar-refractivity contribution in [2.45, 2.75) is 6.61 Å². The fraction of sp³-hybridized carbons (Fsp3) is 0.100. The Bertz CT molecular complexity index is 919. The SMILES string of the molecule is COc1ccc(COc2cc(Br)cc(Nc3ccc(C#N)nc3)c2)cc1. The van der Waals surface area contributed by atoms with Gasteiger partial charge in [-0.25, -0.2) is 4.98 Å². The van der Waals surface area contributed by atoms with E-state index in [9.17, 15) is 0 Å². The number of aromatic nitrogens is 1. The average molecular weight is 410 g/mol. The van der Waals surface area contributed by atoms with E-state index in [4.69, 9.17) is 14.7 Å². The molecule has 0 unspecified atom stereocenters. The minimum absolute atomic E-state index is 0.383. The Morgan fingerprint density at radius 1 is 1.04 bits per heavy atom. The number of benzene rings is 2. The summed E-state index contributed by atoms with van der Waals surface area (Å²) in [5, 5.41) is 12.1. The lowest BCUT2D eigenvalue weighted by molar-refractivity contribution is 0.306. The highest BCUT2D eigenvalue weighted by Crippen LogP contribution is 2.27. The van der Waals surface area contributed by atoms with Crippen molar-refractivity contribution in [1.29, 1.82) is 5.26 Å². The first-order valence-electron chi connectivity index (χ1n) is 7.86. The Hall–Kier alpha value is -3.04. The maximum absolute atomic E-state index is 8.81. The molecule has 0 amide bonds. The number of hydrogen-bond donors (Lipinski definition) is 1. The first kappa shape index (κ1) is 17.8. The van der Waals surface area contributed by atoms with Crippen molar-refractivity contribution in [3.05, 3.63) is 76.5 Å². The molecule has 2 aromatic carbocycles. The van der Waals surface area contributed by atoms with Crippen LogP contribution in [0.4, 0.5) is 11.4 Å². The number of nitriles is 1. The molecule has 130 valence electrons. The zero-order chi connectivity index (χ0) is 18.4. The number of hydrogen-bond acceptors (Lipinski definition) is 5. The molecule has 26 heavy (non-hydrogen) atoms. The van der Waals surface area contributed by atoms with Gasteiger partial charge in [-0.1, -0.05) is 28.1 Å². The maximum atomic E-state index is 8.81. The molecule has 3 aromatic rings. The second-order valence-electron chi connectivity index (χ2n) is 5.48. The van der Waals surface area contributed by atoms with Gasteiger partial charge >= 0.3 is 0 Å². The van der Waals surface area contributed by atoms with Crippen LogP contribution in [0.25, 0.3) is 0 Å². The van der Waals surface area contributed by atoms with Crippen molar-refractivity contribution in [3.8, 4) is 17.6 Å². The van der Waals surface area contributed by atoms with Crippen molar-refractivity contribution >= 4 is 27.3 Å². The highest BCUT2D eigenvalue weighted by atomic mass is 79.9. The van der Waals surface area contributed by atoms with Gasteiger partial charge in [0, 0.05) is 16.2 Å². The van der Waals surface area contributed by atoms with E-state index in [0.717, 1.165) is 32.9 Å². The molecule has 0 fully saturated rings. The van der Waals surface area contributed by atoms with Gasteiger partial charge in [-0.3, -0.25) is 0 Å². The molecule has 6 heteroatoms. The van der Waals surface area contributed by atoms with E-state index >= 15 is 0 Å². The fourth-order valence-electron chi connectivity index (χ4n) is 2.31. The number of nitrogens with zero attached hydrogens (tertiary/aromatic N) is 2. The Morgan fingerprint density at radius 3 is 2.50 bits per heavy atom. The predicted octanol–water partition coefficient (Wildman–Crippen LogP) is 5.05. The monoisotopic (exact) mass is 409 g/mol. The molecule has 1 N–H and O–H groups in total. The van der Waals surface area contributed by atoms with E-state index in [2.05, 4.69) is 26.2 Å². The number of pyridine rings is 1. The summed E-state index contributed by atoms with van der Waals surface area (Å²) in [6.45, 7) is 0.457. The van der Waals surface area contributed by atoms with Crippen LogP contribution < -0.4 is 14.8 Å². The van der Waals surface area contributed by atoms with Gasteiger partial charge in [0.2, 0.25) is 0 Å². The summed E-state index contributed by atoms with van der Waals surface area (Å²) < 4.78 is 11.9. The van der Waals surface area contributed by atoms with Crippen molar-refractivity contribution in [2.24, 2.45) is 0 Å². The van der Waals surface area contributed by atoms with Gasteiger partial charge in [0.05, 0.1) is 19.0 Å². The van der Waals surface area contributed by atoms with E-state index in [1.165, 1.54) is 0 Å². The normalized spacial score (nSPS) is 10.0. The summed E-state index contributed by atoms with van der Waals surface area (Å²) in [5.41, 5.74) is 3.09. The second kappa shape index (κ2) is 8.37. The molecule has 0 atom stereocenters. The van der Waals surface area contributed by atoms with Gasteiger partial charge < -0.3 is 14.8 Å². The molecular weight excluding hydrogens is 394 g/mol. The van der Waals surface area contributed by atoms with Gasteiger partial charge in [0.1, 0.15) is 29.9 Å². The lowest BCUT2D eigenvalue weighted by atomic mass is 10.2. The zero-order valence-electron chi connectivity index (χ0n) is 14.1. The standard InChI is InChI=1S/C20H16BrN3O2/c1-25-19-6-2-14(3-7-19)13-26-20-9-15(21)8-18(10-20)24-17-5-4-16(11-22)23-12-17/h2-10,12,24H,13H2,1H3. The van der Waals surface area contributed by atoms with Gasteiger partial charge in [-0.05, 0) is 42.0 Å². The third-order valence-corrected chi connectivity index (χ3v) is 4.06. The van der Waals surface area contributed by atoms with Crippen LogP contribution in [-0.4, -0.2) is 12.1 Å². The van der Waals surface area contributed by atoms with Gasteiger partial charge in [0.15, 0.2) is 0 Å². The van der Waals surface area contributed by atoms with Crippen LogP contribution in [-0.2, 0) is 6.61 Å². The minimum Gasteiger partial charge on any atom is -0.497 e. The van der Waals surface area contributed by atoms with Crippen LogP contribution in [0, 0.1) is 11.3 Å². The average Bonchev–Trinajstić information content (AvgIpc) is 2.67. The summed E-state index contributed by atoms with van der Waals surface area (Å²) in [7, 11) is 1.64. The number of nitrogens with one attached hydrogen (secondary N) is 1. The molecule has 1 heterocycles. The maximum Gasteiger partial charge on any atom is 0.140 e. The molecule has 5 nitrogen and oxygen atoms in total. The largest absolute Gasteiger partial charge is 0.497 e. The highest BCUT2D eigenvalue weighted by Gasteiger charge is 2.03. The van der Waals surface area contributed by atoms with E-state index in [0.29, 0.717) is 12.3 Å². The van der Waals surface area contributed by atoms with Crippen molar-refractivity contribution in [1.82, 2.24) is 4.98 Å². The molecule has 0 aliphatic heterocycles. The Morgan fingerprint density at radius 2 is 1.85 bits per heavy atom. The number of methoxy groups -OCH3 is 1. The molecule has 0 saturated heterocycles. The Kier molecular flexibility index (Phi) is 5.72. The van der Waals surface area contributed by atoms with E-state index in [1.807, 2.05) is 54.6 Å². The summed E-state index contributed by atoms with van der Waals surface area (Å²) in [5.74, 6) is 1.55. The molecule has 0 saturated carbocycles. The molecule has 0 spiro atoms. The van der Waals surface area contributed by atoms with Crippen molar-refractivity contribution < 1.29 is 9.47 Å². The molecule has 0 aliphatic carbocycles. The molecular formula is C20H16BrN3O2. The third kappa shape index (κ3) is 4.74. The topological polar surface area (TPSA) is 67.2 Å². The van der Waals surface area contributed by atoms with Gasteiger partial charge in [0.25, 0.3) is 0 Å². The van der Waals surface area contributed by atoms with Crippen LogP contribution >= 0.6 is 15.9 Å². The van der Waals surface area contributed by atoms with Crippen molar-refractivity contribution in [3.63, 3.8) is 0 Å². The fourth-order valence-corrected chi connectivity index (χ4v) is 2.78. The lowest BCUT2D eigenvalue weighted by Crippen LogP contribution is -1.97. The first-order valence-corrected chi connectivity index (χ1v) is 8.65. The van der Waals surface area contributed by atoms with Crippen LogP contribution in [0.3, 0.4) is 0 Å². The number of ether oxygens (including phenoxy) is 2.